The quantitative estimate of drug-likeness (QED) is 0.644. The minimum atomic E-state index is -3.48. The number of anilines is 1. The third-order valence-electron chi connectivity index (χ3n) is 5.49. The summed E-state index contributed by atoms with van der Waals surface area (Å²) in [5.41, 5.74) is 2.23. The van der Waals surface area contributed by atoms with E-state index in [4.69, 9.17) is 9.47 Å². The Kier molecular flexibility index (Phi) is 7.03. The van der Waals surface area contributed by atoms with Gasteiger partial charge in [0.25, 0.3) is 0 Å². The predicted octanol–water partition coefficient (Wildman–Crippen LogP) is 3.97. The molecular formula is C24H32N2O5S. The summed E-state index contributed by atoms with van der Waals surface area (Å²) in [4.78, 5) is 12.7. The first-order chi connectivity index (χ1) is 15.0. The van der Waals surface area contributed by atoms with Crippen LogP contribution >= 0.6 is 0 Å². The maximum atomic E-state index is 12.7. The molecule has 1 unspecified atom stereocenters. The van der Waals surface area contributed by atoms with Crippen molar-refractivity contribution < 1.29 is 22.7 Å². The molecule has 7 nitrogen and oxygen atoms in total. The Hall–Kier alpha value is -2.74. The Balaban J connectivity index is 1.63. The van der Waals surface area contributed by atoms with E-state index in [-0.39, 0.29) is 30.5 Å². The number of carbonyl (C=O) groups is 1. The lowest BCUT2D eigenvalue weighted by molar-refractivity contribution is -0.122. The lowest BCUT2D eigenvalue weighted by Gasteiger charge is -2.38. The molecule has 0 saturated carbocycles. The van der Waals surface area contributed by atoms with Gasteiger partial charge < -0.3 is 14.8 Å². The molecule has 3 rings (SSSR count). The normalized spacial score (nSPS) is 17.1. The number of hydrogen-bond donors (Lipinski definition) is 1. The van der Waals surface area contributed by atoms with Crippen LogP contribution < -0.4 is 19.1 Å². The Morgan fingerprint density at radius 1 is 1.22 bits per heavy atom. The number of carbonyl (C=O) groups excluding carboxylic acids is 1. The number of amides is 1. The van der Waals surface area contributed by atoms with Gasteiger partial charge in [0.1, 0.15) is 17.1 Å². The van der Waals surface area contributed by atoms with E-state index in [1.165, 1.54) is 10.6 Å². The highest BCUT2D eigenvalue weighted by molar-refractivity contribution is 7.92. The summed E-state index contributed by atoms with van der Waals surface area (Å²) in [6, 6.07) is 12.7. The number of aryl methyl sites for hydroxylation is 1. The summed E-state index contributed by atoms with van der Waals surface area (Å²) in [6.07, 6.45) is 2.45. The van der Waals surface area contributed by atoms with Crippen LogP contribution in [0.5, 0.6) is 11.5 Å². The molecule has 1 amide bonds. The van der Waals surface area contributed by atoms with Crippen molar-refractivity contribution in [3.63, 3.8) is 0 Å². The molecule has 0 spiro atoms. The van der Waals surface area contributed by atoms with Crippen molar-refractivity contribution >= 4 is 21.6 Å². The minimum Gasteiger partial charge on any atom is -0.497 e. The molecule has 2 aromatic rings. The number of methoxy groups -OCH3 is 1. The van der Waals surface area contributed by atoms with E-state index < -0.39 is 10.0 Å². The maximum Gasteiger partial charge on any atom is 0.232 e. The van der Waals surface area contributed by atoms with Gasteiger partial charge in [-0.25, -0.2) is 8.42 Å². The van der Waals surface area contributed by atoms with Gasteiger partial charge in [-0.2, -0.15) is 0 Å². The Morgan fingerprint density at radius 2 is 1.91 bits per heavy atom. The van der Waals surface area contributed by atoms with Crippen LogP contribution in [-0.4, -0.2) is 39.8 Å². The number of fused-ring (bicyclic) bond motifs is 1. The van der Waals surface area contributed by atoms with E-state index in [2.05, 4.69) is 5.32 Å². The molecule has 0 aliphatic carbocycles. The third kappa shape index (κ3) is 5.94. The monoisotopic (exact) mass is 460 g/mol. The van der Waals surface area contributed by atoms with Gasteiger partial charge in [0, 0.05) is 24.9 Å². The van der Waals surface area contributed by atoms with Crippen molar-refractivity contribution in [1.82, 2.24) is 5.32 Å². The molecule has 0 bridgehead atoms. The summed E-state index contributed by atoms with van der Waals surface area (Å²) >= 11 is 0. The number of rotatable bonds is 8. The van der Waals surface area contributed by atoms with Gasteiger partial charge in [0.05, 0.1) is 25.1 Å². The molecule has 0 aromatic heterocycles. The molecule has 2 aromatic carbocycles. The van der Waals surface area contributed by atoms with Crippen LogP contribution in [0.1, 0.15) is 50.3 Å². The smallest absolute Gasteiger partial charge is 0.232 e. The van der Waals surface area contributed by atoms with E-state index >= 15 is 0 Å². The number of hydrogen-bond acceptors (Lipinski definition) is 5. The first-order valence-corrected chi connectivity index (χ1v) is 12.5. The van der Waals surface area contributed by atoms with E-state index in [1.807, 2.05) is 39.0 Å². The molecule has 0 radical (unpaired) electrons. The van der Waals surface area contributed by atoms with Crippen LogP contribution in [0.25, 0.3) is 0 Å². The summed E-state index contributed by atoms with van der Waals surface area (Å²) in [5.74, 6) is 1.34. The standard InChI is InChI=1S/C24H32N2O5S/c1-17-8-13-20-21(16-24(2,3)31-22(20)15-17)25-23(27)7-6-14-26(32(5,28)29)18-9-11-19(30-4)12-10-18/h8-13,15,21H,6-7,14,16H2,1-5H3,(H,25,27). The largest absolute Gasteiger partial charge is 0.497 e. The molecule has 174 valence electrons. The second kappa shape index (κ2) is 9.40. The van der Waals surface area contributed by atoms with E-state index in [0.29, 0.717) is 24.3 Å². The van der Waals surface area contributed by atoms with Gasteiger partial charge in [-0.3, -0.25) is 9.10 Å². The topological polar surface area (TPSA) is 84.9 Å². The summed E-state index contributed by atoms with van der Waals surface area (Å²) in [7, 11) is -1.92. The lowest BCUT2D eigenvalue weighted by Crippen LogP contribution is -2.41. The Morgan fingerprint density at radius 3 is 2.53 bits per heavy atom. The zero-order valence-corrected chi connectivity index (χ0v) is 20.2. The van der Waals surface area contributed by atoms with Gasteiger partial charge in [-0.15, -0.1) is 0 Å². The van der Waals surface area contributed by atoms with Gasteiger partial charge in [0.2, 0.25) is 15.9 Å². The molecule has 0 saturated heterocycles. The maximum absolute atomic E-state index is 12.7. The number of sulfonamides is 1. The summed E-state index contributed by atoms with van der Waals surface area (Å²) < 4.78 is 37.1. The number of ether oxygens (including phenoxy) is 2. The van der Waals surface area contributed by atoms with Crippen molar-refractivity contribution in [2.24, 2.45) is 0 Å². The third-order valence-corrected chi connectivity index (χ3v) is 6.68. The molecule has 1 atom stereocenters. The fraction of sp³-hybridized carbons (Fsp3) is 0.458. The molecular weight excluding hydrogens is 428 g/mol. The fourth-order valence-electron chi connectivity index (χ4n) is 3.97. The Labute approximate surface area is 190 Å². The van der Waals surface area contributed by atoms with Crippen LogP contribution in [0.3, 0.4) is 0 Å². The molecule has 1 heterocycles. The average molecular weight is 461 g/mol. The first-order valence-electron chi connectivity index (χ1n) is 10.7. The van der Waals surface area contributed by atoms with Crippen LogP contribution in [-0.2, 0) is 14.8 Å². The second-order valence-electron chi connectivity index (χ2n) is 8.86. The summed E-state index contributed by atoms with van der Waals surface area (Å²) in [5, 5.41) is 3.11. The Bertz CT molecular complexity index is 1060. The van der Waals surface area contributed by atoms with Gasteiger partial charge >= 0.3 is 0 Å². The SMILES string of the molecule is COc1ccc(N(CCCC(=O)NC2CC(C)(C)Oc3cc(C)ccc32)S(C)(=O)=O)cc1. The van der Waals surface area contributed by atoms with Crippen molar-refractivity contribution in [1.29, 1.82) is 0 Å². The van der Waals surface area contributed by atoms with Crippen LogP contribution in [0, 0.1) is 6.92 Å². The van der Waals surface area contributed by atoms with E-state index in [1.54, 1.807) is 31.4 Å². The lowest BCUT2D eigenvalue weighted by atomic mass is 9.89. The van der Waals surface area contributed by atoms with Crippen molar-refractivity contribution in [2.45, 2.75) is 51.7 Å². The van der Waals surface area contributed by atoms with Crippen LogP contribution in [0.15, 0.2) is 42.5 Å². The molecule has 1 N–H and O–H groups in total. The number of nitrogens with zero attached hydrogens (tertiary/aromatic N) is 1. The summed E-state index contributed by atoms with van der Waals surface area (Å²) in [6.45, 7) is 6.25. The molecule has 8 heteroatoms. The van der Waals surface area contributed by atoms with E-state index in [9.17, 15) is 13.2 Å². The highest BCUT2D eigenvalue weighted by atomic mass is 32.2. The number of nitrogens with one attached hydrogen (secondary N) is 1. The molecule has 32 heavy (non-hydrogen) atoms. The highest BCUT2D eigenvalue weighted by Crippen LogP contribution is 2.40. The second-order valence-corrected chi connectivity index (χ2v) is 10.8. The highest BCUT2D eigenvalue weighted by Gasteiger charge is 2.34. The fourth-order valence-corrected chi connectivity index (χ4v) is 4.94. The molecule has 0 fully saturated rings. The van der Waals surface area contributed by atoms with Gasteiger partial charge in [-0.05, 0) is 63.1 Å². The number of benzene rings is 2. The van der Waals surface area contributed by atoms with E-state index in [0.717, 1.165) is 16.9 Å². The minimum absolute atomic E-state index is 0.109. The van der Waals surface area contributed by atoms with Gasteiger partial charge in [0.15, 0.2) is 0 Å². The van der Waals surface area contributed by atoms with Crippen LogP contribution in [0.2, 0.25) is 0 Å². The van der Waals surface area contributed by atoms with Crippen LogP contribution in [0.4, 0.5) is 5.69 Å². The van der Waals surface area contributed by atoms with Crippen molar-refractivity contribution in [2.75, 3.05) is 24.2 Å². The van der Waals surface area contributed by atoms with Crippen molar-refractivity contribution in [3.8, 4) is 11.5 Å². The molecule has 1 aliphatic rings. The zero-order valence-electron chi connectivity index (χ0n) is 19.3. The van der Waals surface area contributed by atoms with Gasteiger partial charge in [-0.1, -0.05) is 12.1 Å². The average Bonchev–Trinajstić information content (AvgIpc) is 2.69. The zero-order chi connectivity index (χ0) is 23.5. The molecule has 1 aliphatic heterocycles. The van der Waals surface area contributed by atoms with Crippen molar-refractivity contribution in [3.05, 3.63) is 53.6 Å². The first kappa shape index (κ1) is 23.9. The predicted molar refractivity (Wildman–Crippen MR) is 126 cm³/mol.